The van der Waals surface area contributed by atoms with E-state index in [1.54, 1.807) is 46.3 Å². The zero-order chi connectivity index (χ0) is 19.8. The lowest BCUT2D eigenvalue weighted by Crippen LogP contribution is -2.50. The van der Waals surface area contributed by atoms with E-state index < -0.39 is 0 Å². The first-order valence-corrected chi connectivity index (χ1v) is 9.27. The molecule has 2 aromatic heterocycles. The monoisotopic (exact) mass is 399 g/mol. The molecule has 1 aliphatic heterocycles. The lowest BCUT2D eigenvalue weighted by Gasteiger charge is -2.34. The van der Waals surface area contributed by atoms with Crippen LogP contribution in [0.5, 0.6) is 0 Å². The molecule has 1 saturated heterocycles. The van der Waals surface area contributed by atoms with Crippen molar-refractivity contribution in [3.63, 3.8) is 0 Å². The molecule has 4 rings (SSSR count). The van der Waals surface area contributed by atoms with Crippen LogP contribution in [0, 0.1) is 0 Å². The van der Waals surface area contributed by atoms with Crippen LogP contribution in [0.3, 0.4) is 0 Å². The topological polar surface area (TPSA) is 75.8 Å². The molecule has 0 bridgehead atoms. The molecule has 28 heavy (non-hydrogen) atoms. The number of hydrogen-bond donors (Lipinski definition) is 0. The van der Waals surface area contributed by atoms with Gasteiger partial charge in [-0.1, -0.05) is 11.6 Å². The first-order valence-electron chi connectivity index (χ1n) is 8.89. The maximum absolute atomic E-state index is 13.1. The van der Waals surface area contributed by atoms with Crippen LogP contribution in [0.4, 0.5) is 0 Å². The Bertz CT molecular complexity index is 1060. The summed E-state index contributed by atoms with van der Waals surface area (Å²) in [6, 6.07) is 8.41. The molecule has 0 spiro atoms. The first-order chi connectivity index (χ1) is 13.5. The zero-order valence-corrected chi connectivity index (χ0v) is 16.0. The Morgan fingerprint density at radius 3 is 2.29 bits per heavy atom. The van der Waals surface area contributed by atoms with Gasteiger partial charge in [-0.05, 0) is 30.3 Å². The van der Waals surface area contributed by atoms with Crippen LogP contribution >= 0.6 is 11.6 Å². The number of nitrogens with zero attached hydrogens (tertiary/aromatic N) is 3. The Labute approximate surface area is 166 Å². The normalized spacial score (nSPS) is 14.5. The Kier molecular flexibility index (Phi) is 4.68. The molecular weight excluding hydrogens is 382 g/mol. The van der Waals surface area contributed by atoms with Crippen LogP contribution in [0.2, 0.25) is 5.02 Å². The van der Waals surface area contributed by atoms with E-state index in [0.717, 1.165) is 0 Å². The van der Waals surface area contributed by atoms with E-state index in [0.29, 0.717) is 53.4 Å². The molecule has 0 radical (unpaired) electrons. The molecule has 0 N–H and O–H groups in total. The van der Waals surface area contributed by atoms with Gasteiger partial charge in [-0.25, -0.2) is 0 Å². The minimum atomic E-state index is -0.183. The minimum Gasteiger partial charge on any atom is -0.459 e. The summed E-state index contributed by atoms with van der Waals surface area (Å²) in [7, 11) is 0. The van der Waals surface area contributed by atoms with Crippen molar-refractivity contribution in [2.45, 2.75) is 6.92 Å². The first kappa shape index (κ1) is 18.3. The molecule has 0 atom stereocenters. The molecule has 0 aliphatic carbocycles. The van der Waals surface area contributed by atoms with Crippen LogP contribution in [0.15, 0.2) is 47.2 Å². The molecule has 0 saturated carbocycles. The lowest BCUT2D eigenvalue weighted by atomic mass is 10.1. The summed E-state index contributed by atoms with van der Waals surface area (Å²) in [5, 5.41) is 1.14. The SMILES string of the molecule is CC(=O)n1cc(C(=O)N2CCN(C(=O)c3ccco3)CC2)c2cc(Cl)ccc21. The van der Waals surface area contributed by atoms with Gasteiger partial charge in [0.25, 0.3) is 11.8 Å². The third-order valence-electron chi connectivity index (χ3n) is 4.92. The van der Waals surface area contributed by atoms with Crippen LogP contribution in [0.1, 0.15) is 32.6 Å². The number of halogens is 1. The van der Waals surface area contributed by atoms with Gasteiger partial charge in [-0.3, -0.25) is 19.0 Å². The van der Waals surface area contributed by atoms with Crippen LogP contribution < -0.4 is 0 Å². The Morgan fingerprint density at radius 1 is 1.00 bits per heavy atom. The molecule has 2 amide bonds. The number of carbonyl (C=O) groups excluding carboxylic acids is 3. The van der Waals surface area contributed by atoms with E-state index in [4.69, 9.17) is 16.0 Å². The molecule has 1 aliphatic rings. The summed E-state index contributed by atoms with van der Waals surface area (Å²) in [6.45, 7) is 3.08. The number of hydrogen-bond acceptors (Lipinski definition) is 4. The second kappa shape index (κ2) is 7.16. The van der Waals surface area contributed by atoms with Crippen molar-refractivity contribution in [2.24, 2.45) is 0 Å². The highest BCUT2D eigenvalue weighted by atomic mass is 35.5. The predicted octanol–water partition coefficient (Wildman–Crippen LogP) is 3.15. The number of furan rings is 1. The number of rotatable bonds is 2. The van der Waals surface area contributed by atoms with Gasteiger partial charge >= 0.3 is 0 Å². The molecule has 144 valence electrons. The number of amides is 2. The standard InChI is InChI=1S/C20H18ClN3O4/c1-13(25)24-12-16(15-11-14(21)4-5-17(15)24)19(26)22-6-8-23(9-7-22)20(27)18-3-2-10-28-18/h2-5,10-12H,6-9H2,1H3. The molecule has 3 heterocycles. The van der Waals surface area contributed by atoms with Gasteiger partial charge in [0.2, 0.25) is 5.91 Å². The van der Waals surface area contributed by atoms with Gasteiger partial charge in [0.1, 0.15) is 0 Å². The van der Waals surface area contributed by atoms with Crippen molar-refractivity contribution < 1.29 is 18.8 Å². The third kappa shape index (κ3) is 3.18. The van der Waals surface area contributed by atoms with Crippen LogP contribution in [-0.2, 0) is 0 Å². The number of benzene rings is 1. The highest BCUT2D eigenvalue weighted by Crippen LogP contribution is 2.26. The summed E-state index contributed by atoms with van der Waals surface area (Å²) in [5.41, 5.74) is 1.07. The zero-order valence-electron chi connectivity index (χ0n) is 15.2. The maximum Gasteiger partial charge on any atom is 0.289 e. The highest BCUT2D eigenvalue weighted by molar-refractivity contribution is 6.31. The molecule has 3 aromatic rings. The number of fused-ring (bicyclic) bond motifs is 1. The van der Waals surface area contributed by atoms with E-state index in [1.807, 2.05) is 0 Å². The second-order valence-electron chi connectivity index (χ2n) is 6.65. The van der Waals surface area contributed by atoms with Crippen molar-refractivity contribution in [1.82, 2.24) is 14.4 Å². The summed E-state index contributed by atoms with van der Waals surface area (Å²) in [6.07, 6.45) is 3.02. The fourth-order valence-corrected chi connectivity index (χ4v) is 3.64. The summed E-state index contributed by atoms with van der Waals surface area (Å²) >= 11 is 6.10. The molecule has 0 unspecified atom stereocenters. The van der Waals surface area contributed by atoms with E-state index in [-0.39, 0.29) is 17.7 Å². The predicted molar refractivity (Wildman–Crippen MR) is 104 cm³/mol. The van der Waals surface area contributed by atoms with Gasteiger partial charge in [-0.15, -0.1) is 0 Å². The molecule has 8 heteroatoms. The van der Waals surface area contributed by atoms with Gasteiger partial charge in [0, 0.05) is 49.7 Å². The molecule has 1 fully saturated rings. The summed E-state index contributed by atoms with van der Waals surface area (Å²) < 4.78 is 6.61. The van der Waals surface area contributed by atoms with Gasteiger partial charge in [0.05, 0.1) is 17.3 Å². The quantitative estimate of drug-likeness (QED) is 0.663. The molecule has 1 aromatic carbocycles. The fraction of sp³-hybridized carbons (Fsp3) is 0.250. The smallest absolute Gasteiger partial charge is 0.289 e. The number of aromatic nitrogens is 1. The average Bonchev–Trinajstić information content (AvgIpc) is 3.35. The van der Waals surface area contributed by atoms with Crippen molar-refractivity contribution in [3.8, 4) is 0 Å². The molecular formula is C20H18ClN3O4. The second-order valence-corrected chi connectivity index (χ2v) is 7.09. The van der Waals surface area contributed by atoms with Crippen molar-refractivity contribution in [2.75, 3.05) is 26.2 Å². The largest absolute Gasteiger partial charge is 0.459 e. The van der Waals surface area contributed by atoms with Gasteiger partial charge in [0.15, 0.2) is 5.76 Å². The summed E-state index contributed by atoms with van der Waals surface area (Å²) in [4.78, 5) is 40.8. The van der Waals surface area contributed by atoms with Crippen LogP contribution in [-0.4, -0.2) is 58.3 Å². The van der Waals surface area contributed by atoms with Gasteiger partial charge in [-0.2, -0.15) is 0 Å². The highest BCUT2D eigenvalue weighted by Gasteiger charge is 2.28. The van der Waals surface area contributed by atoms with Gasteiger partial charge < -0.3 is 14.2 Å². The Hall–Kier alpha value is -3.06. The Morgan fingerprint density at radius 2 is 1.68 bits per heavy atom. The van der Waals surface area contributed by atoms with Crippen molar-refractivity contribution >= 4 is 40.2 Å². The van der Waals surface area contributed by atoms with E-state index >= 15 is 0 Å². The van der Waals surface area contributed by atoms with Crippen molar-refractivity contribution in [3.05, 3.63) is 59.1 Å². The lowest BCUT2D eigenvalue weighted by molar-refractivity contribution is 0.0519. The average molecular weight is 400 g/mol. The minimum absolute atomic E-state index is 0.180. The van der Waals surface area contributed by atoms with Crippen LogP contribution in [0.25, 0.3) is 10.9 Å². The third-order valence-corrected chi connectivity index (χ3v) is 5.16. The fourth-order valence-electron chi connectivity index (χ4n) is 3.47. The van der Waals surface area contributed by atoms with E-state index in [9.17, 15) is 14.4 Å². The number of carbonyl (C=O) groups is 3. The summed E-state index contributed by atoms with van der Waals surface area (Å²) in [5.74, 6) is -0.256. The Balaban J connectivity index is 1.55. The van der Waals surface area contributed by atoms with E-state index in [2.05, 4.69) is 0 Å². The number of piperazine rings is 1. The molecule has 7 nitrogen and oxygen atoms in total. The maximum atomic E-state index is 13.1. The van der Waals surface area contributed by atoms with E-state index in [1.165, 1.54) is 17.8 Å². The van der Waals surface area contributed by atoms with Crippen molar-refractivity contribution in [1.29, 1.82) is 0 Å².